The second-order valence-electron chi connectivity index (χ2n) is 7.40. The van der Waals surface area contributed by atoms with Gasteiger partial charge < -0.3 is 19.7 Å². The van der Waals surface area contributed by atoms with Crippen LogP contribution >= 0.6 is 23.4 Å². The number of aliphatic imine (C=N–C) groups is 1. The molecule has 4 rings (SSSR count). The number of allylic oxidation sites excluding steroid dienone is 1. The first kappa shape index (κ1) is 22.9. The van der Waals surface area contributed by atoms with Crippen LogP contribution in [0.25, 0.3) is 0 Å². The molecule has 0 bridgehead atoms. The maximum Gasteiger partial charge on any atom is 0.338 e. The number of anilines is 1. The molecule has 2 aliphatic heterocycles. The van der Waals surface area contributed by atoms with E-state index in [1.54, 1.807) is 44.4 Å². The van der Waals surface area contributed by atoms with E-state index >= 15 is 0 Å². The van der Waals surface area contributed by atoms with E-state index in [0.717, 1.165) is 11.3 Å². The van der Waals surface area contributed by atoms with Gasteiger partial charge in [-0.25, -0.2) is 9.79 Å². The lowest BCUT2D eigenvalue weighted by Crippen LogP contribution is -2.37. The zero-order valence-corrected chi connectivity index (χ0v) is 19.9. The lowest BCUT2D eigenvalue weighted by Gasteiger charge is -2.36. The highest BCUT2D eigenvalue weighted by Gasteiger charge is 2.41. The number of hydrogen-bond acceptors (Lipinski definition) is 7. The van der Waals surface area contributed by atoms with E-state index in [9.17, 15) is 9.59 Å². The van der Waals surface area contributed by atoms with Crippen molar-refractivity contribution in [2.45, 2.75) is 19.4 Å². The minimum Gasteiger partial charge on any atom is -0.497 e. The van der Waals surface area contributed by atoms with E-state index in [0.29, 0.717) is 32.9 Å². The van der Waals surface area contributed by atoms with Crippen molar-refractivity contribution >= 4 is 46.1 Å². The molecule has 0 fully saturated rings. The van der Waals surface area contributed by atoms with Crippen LogP contribution in [0.5, 0.6) is 5.75 Å². The maximum absolute atomic E-state index is 12.9. The van der Waals surface area contributed by atoms with Gasteiger partial charge in [-0.3, -0.25) is 4.79 Å². The van der Waals surface area contributed by atoms with Crippen LogP contribution in [-0.4, -0.2) is 36.2 Å². The number of methoxy groups -OCH3 is 2. The topological polar surface area (TPSA) is 80.2 Å². The number of halogens is 1. The Balaban J connectivity index is 1.65. The number of amidine groups is 1. The SMILES string of the molecule is COC(=O)C1=C(C)N=C2SC=C(CC(=O)Nc3cccc(OC)c3)N2[C@@H]1c1cccc(Cl)c1. The molecule has 1 atom stereocenters. The van der Waals surface area contributed by atoms with Gasteiger partial charge in [0.25, 0.3) is 0 Å². The van der Waals surface area contributed by atoms with E-state index in [2.05, 4.69) is 10.3 Å². The van der Waals surface area contributed by atoms with Crippen LogP contribution in [0, 0.1) is 0 Å². The highest BCUT2D eigenvalue weighted by molar-refractivity contribution is 8.16. The molecule has 0 aromatic heterocycles. The lowest BCUT2D eigenvalue weighted by molar-refractivity contribution is -0.136. The van der Waals surface area contributed by atoms with Crippen LogP contribution in [0.15, 0.2) is 75.9 Å². The largest absolute Gasteiger partial charge is 0.497 e. The Kier molecular flexibility index (Phi) is 6.76. The third-order valence-corrected chi connectivity index (χ3v) is 6.39. The highest BCUT2D eigenvalue weighted by Crippen LogP contribution is 2.45. The summed E-state index contributed by atoms with van der Waals surface area (Å²) in [4.78, 5) is 32.1. The first-order chi connectivity index (χ1) is 15.9. The van der Waals surface area contributed by atoms with Crippen LogP contribution in [-0.2, 0) is 14.3 Å². The van der Waals surface area contributed by atoms with Gasteiger partial charge in [0.15, 0.2) is 5.17 Å². The molecular weight excluding hydrogens is 462 g/mol. The Morgan fingerprint density at radius 1 is 1.18 bits per heavy atom. The Morgan fingerprint density at radius 2 is 1.97 bits per heavy atom. The van der Waals surface area contributed by atoms with Gasteiger partial charge in [0.2, 0.25) is 5.91 Å². The second-order valence-corrected chi connectivity index (χ2v) is 8.67. The molecule has 2 heterocycles. The summed E-state index contributed by atoms with van der Waals surface area (Å²) in [5.74, 6) is -0.0253. The Labute approximate surface area is 201 Å². The van der Waals surface area contributed by atoms with Crippen LogP contribution in [0.4, 0.5) is 5.69 Å². The fraction of sp³-hybridized carbons (Fsp3) is 0.208. The average molecular weight is 484 g/mol. The van der Waals surface area contributed by atoms with Gasteiger partial charge in [0, 0.05) is 22.5 Å². The molecule has 1 N–H and O–H groups in total. The highest BCUT2D eigenvalue weighted by atomic mass is 35.5. The van der Waals surface area contributed by atoms with Crippen LogP contribution in [0.2, 0.25) is 5.02 Å². The molecule has 0 spiro atoms. The molecule has 0 saturated carbocycles. The number of ether oxygens (including phenoxy) is 2. The number of nitrogens with zero attached hydrogens (tertiary/aromatic N) is 2. The first-order valence-corrected chi connectivity index (χ1v) is 11.4. The van der Waals surface area contributed by atoms with Crippen molar-refractivity contribution in [3.8, 4) is 5.75 Å². The Hall–Kier alpha value is -3.23. The number of rotatable bonds is 6. The summed E-state index contributed by atoms with van der Waals surface area (Å²) in [7, 11) is 2.91. The maximum atomic E-state index is 12.9. The number of amides is 1. The summed E-state index contributed by atoms with van der Waals surface area (Å²) in [6, 6.07) is 13.9. The molecule has 0 aliphatic carbocycles. The molecule has 0 unspecified atom stereocenters. The summed E-state index contributed by atoms with van der Waals surface area (Å²) >= 11 is 7.68. The molecule has 33 heavy (non-hydrogen) atoms. The summed E-state index contributed by atoms with van der Waals surface area (Å²) in [6.45, 7) is 1.78. The zero-order valence-electron chi connectivity index (χ0n) is 18.3. The van der Waals surface area contributed by atoms with Crippen molar-refractivity contribution in [3.05, 3.63) is 81.5 Å². The van der Waals surface area contributed by atoms with Crippen LogP contribution in [0.3, 0.4) is 0 Å². The fourth-order valence-corrected chi connectivity index (χ4v) is 4.97. The van der Waals surface area contributed by atoms with E-state index < -0.39 is 12.0 Å². The molecule has 9 heteroatoms. The van der Waals surface area contributed by atoms with Gasteiger partial charge in [-0.15, -0.1) is 0 Å². The van der Waals surface area contributed by atoms with Gasteiger partial charge in [-0.1, -0.05) is 41.6 Å². The average Bonchev–Trinajstić information content (AvgIpc) is 3.19. The summed E-state index contributed by atoms with van der Waals surface area (Å²) in [5, 5.41) is 6.02. The van der Waals surface area contributed by atoms with Crippen molar-refractivity contribution in [3.63, 3.8) is 0 Å². The number of esters is 1. The van der Waals surface area contributed by atoms with Crippen molar-refractivity contribution in [2.75, 3.05) is 19.5 Å². The normalized spacial score (nSPS) is 17.2. The lowest BCUT2D eigenvalue weighted by atomic mass is 9.94. The first-order valence-electron chi connectivity index (χ1n) is 10.1. The summed E-state index contributed by atoms with van der Waals surface area (Å²) in [6.07, 6.45) is 0.0911. The Morgan fingerprint density at radius 3 is 2.70 bits per heavy atom. The van der Waals surface area contributed by atoms with Gasteiger partial charge in [-0.05, 0) is 42.2 Å². The van der Waals surface area contributed by atoms with Gasteiger partial charge in [0.05, 0.1) is 38.0 Å². The summed E-state index contributed by atoms with van der Waals surface area (Å²) < 4.78 is 10.3. The molecule has 0 radical (unpaired) electrons. The Bertz CT molecular complexity index is 1210. The third kappa shape index (κ3) is 4.77. The number of thioether (sulfide) groups is 1. The predicted molar refractivity (Wildman–Crippen MR) is 130 cm³/mol. The minimum absolute atomic E-state index is 0.0911. The molecular formula is C24H22ClN3O4S. The molecule has 2 aromatic rings. The van der Waals surface area contributed by atoms with Crippen molar-refractivity contribution in [1.29, 1.82) is 0 Å². The van der Waals surface area contributed by atoms with Crippen molar-refractivity contribution in [2.24, 2.45) is 4.99 Å². The molecule has 2 aromatic carbocycles. The molecule has 2 aliphatic rings. The number of benzene rings is 2. The van der Waals surface area contributed by atoms with E-state index in [-0.39, 0.29) is 12.3 Å². The van der Waals surface area contributed by atoms with Gasteiger partial charge in [0.1, 0.15) is 5.75 Å². The second kappa shape index (κ2) is 9.72. The van der Waals surface area contributed by atoms with Crippen LogP contribution < -0.4 is 10.1 Å². The molecule has 170 valence electrons. The number of hydrogen-bond donors (Lipinski definition) is 1. The standard InChI is InChI=1S/C24H22ClN3O4S/c1-14-21(23(30)32-3)22(15-6-4-7-16(25)10-15)28-18(13-33-24(28)26-14)12-20(29)27-17-8-5-9-19(11-17)31-2/h4-11,13,22H,12H2,1-3H3,(H,27,29)/t22-/m1/s1. The molecule has 1 amide bonds. The predicted octanol–water partition coefficient (Wildman–Crippen LogP) is 5.13. The van der Waals surface area contributed by atoms with Crippen molar-refractivity contribution < 1.29 is 19.1 Å². The minimum atomic E-state index is -0.519. The quantitative estimate of drug-likeness (QED) is 0.574. The molecule has 7 nitrogen and oxygen atoms in total. The van der Waals surface area contributed by atoms with E-state index in [1.807, 2.05) is 28.5 Å². The van der Waals surface area contributed by atoms with E-state index in [4.69, 9.17) is 21.1 Å². The van der Waals surface area contributed by atoms with E-state index in [1.165, 1.54) is 18.9 Å². The third-order valence-electron chi connectivity index (χ3n) is 5.27. The van der Waals surface area contributed by atoms with Gasteiger partial charge >= 0.3 is 5.97 Å². The molecule has 0 saturated heterocycles. The number of nitrogens with one attached hydrogen (secondary N) is 1. The van der Waals surface area contributed by atoms with Crippen molar-refractivity contribution in [1.82, 2.24) is 4.90 Å². The monoisotopic (exact) mass is 483 g/mol. The number of carbonyl (C=O) groups excluding carboxylic acids is 2. The fourth-order valence-electron chi connectivity index (χ4n) is 3.80. The number of fused-ring (bicyclic) bond motifs is 1. The van der Waals surface area contributed by atoms with Gasteiger partial charge in [-0.2, -0.15) is 0 Å². The smallest absolute Gasteiger partial charge is 0.338 e. The number of carbonyl (C=O) groups is 2. The van der Waals surface area contributed by atoms with Crippen LogP contribution in [0.1, 0.15) is 24.9 Å². The zero-order chi connectivity index (χ0) is 23.5. The summed E-state index contributed by atoms with van der Waals surface area (Å²) in [5.41, 5.74) is 3.14.